The highest BCUT2D eigenvalue weighted by Gasteiger charge is 2.82. The molecule has 4 atom stereocenters. The zero-order chi connectivity index (χ0) is 33.9. The molecule has 5 aromatic rings. The molecule has 0 spiro atoms. The molecule has 2 aliphatic carbocycles. The fourth-order valence-corrected chi connectivity index (χ4v) is 8.73. The van der Waals surface area contributed by atoms with Crippen LogP contribution in [0.25, 0.3) is 11.1 Å². The number of nitrogens with zero attached hydrogens (tertiary/aromatic N) is 1. The molecule has 3 aliphatic rings. The first-order chi connectivity index (χ1) is 23.8. The molecule has 2 amide bonds. The Kier molecular flexibility index (Phi) is 7.25. The summed E-state index contributed by atoms with van der Waals surface area (Å²) in [6.07, 6.45) is 0.866. The van der Waals surface area contributed by atoms with Crippen LogP contribution in [0.1, 0.15) is 46.7 Å². The summed E-state index contributed by atoms with van der Waals surface area (Å²) in [6, 6.07) is 42.8. The van der Waals surface area contributed by atoms with E-state index >= 15 is 14.4 Å². The average Bonchev–Trinajstić information content (AvgIpc) is 3.64. The number of imide groups is 1. The van der Waals surface area contributed by atoms with Crippen LogP contribution < -0.4 is 9.64 Å². The highest BCUT2D eigenvalue weighted by Crippen LogP contribution is 2.74. The standard InChI is InChI=1S/C44H37NO4/c1-4-27-49-35-25-23-34(24-26-35)45-40(46)38-39(41(45)47)44(33-13-9-6-10-14-33)37(31-21-17-29(3)18-22-31)36(30-19-15-28(2)16-20-30)43(38,42(44)48)32-11-7-5-8-12-32/h5-26,38-39H,4,27H2,1-3H3/t38-,39+,43-,44-/m0/s1. The summed E-state index contributed by atoms with van der Waals surface area (Å²) < 4.78 is 5.81. The minimum atomic E-state index is -1.43. The molecule has 2 bridgehead atoms. The van der Waals surface area contributed by atoms with E-state index in [9.17, 15) is 0 Å². The number of allylic oxidation sites excluding steroid dienone is 2. The van der Waals surface area contributed by atoms with Crippen LogP contribution in [0.3, 0.4) is 0 Å². The summed E-state index contributed by atoms with van der Waals surface area (Å²) >= 11 is 0. The Morgan fingerprint density at radius 3 is 1.41 bits per heavy atom. The first-order valence-corrected chi connectivity index (χ1v) is 17.0. The maximum absolute atomic E-state index is 16.0. The lowest BCUT2D eigenvalue weighted by atomic mass is 9.59. The van der Waals surface area contributed by atoms with Crippen LogP contribution in [-0.4, -0.2) is 24.2 Å². The third kappa shape index (κ3) is 4.21. The summed E-state index contributed by atoms with van der Waals surface area (Å²) in [4.78, 5) is 47.7. The van der Waals surface area contributed by atoms with Gasteiger partial charge in [0.15, 0.2) is 5.78 Å². The third-order valence-electron chi connectivity index (χ3n) is 10.7. The lowest BCUT2D eigenvalue weighted by molar-refractivity contribution is -0.130. The van der Waals surface area contributed by atoms with E-state index < -0.39 is 22.7 Å². The number of rotatable bonds is 8. The molecule has 1 saturated heterocycles. The molecular formula is C44H37NO4. The number of benzene rings is 5. The summed E-state index contributed by atoms with van der Waals surface area (Å²) in [5.41, 5.74) is 4.55. The lowest BCUT2D eigenvalue weighted by Crippen LogP contribution is -2.45. The van der Waals surface area contributed by atoms with E-state index in [1.54, 1.807) is 24.3 Å². The van der Waals surface area contributed by atoms with Crippen LogP contribution in [0.2, 0.25) is 0 Å². The number of Topliss-reactive ketones (excluding diaryl/α,β-unsaturated/α-hetero) is 1. The van der Waals surface area contributed by atoms with Crippen molar-refractivity contribution in [1.29, 1.82) is 0 Å². The number of ketones is 1. The molecule has 1 saturated carbocycles. The summed E-state index contributed by atoms with van der Waals surface area (Å²) in [7, 11) is 0. The fraction of sp³-hybridized carbons (Fsp3) is 0.205. The number of hydrogen-bond donors (Lipinski definition) is 0. The van der Waals surface area contributed by atoms with Crippen molar-refractivity contribution in [2.45, 2.75) is 38.0 Å². The number of amides is 2. The van der Waals surface area contributed by atoms with E-state index in [4.69, 9.17) is 4.74 Å². The number of hydrogen-bond acceptors (Lipinski definition) is 4. The molecule has 8 rings (SSSR count). The first kappa shape index (κ1) is 30.8. The quantitative estimate of drug-likeness (QED) is 0.160. The van der Waals surface area contributed by atoms with Crippen molar-refractivity contribution in [3.8, 4) is 5.75 Å². The van der Waals surface area contributed by atoms with Gasteiger partial charge in [0, 0.05) is 0 Å². The van der Waals surface area contributed by atoms with Crippen LogP contribution in [0.4, 0.5) is 5.69 Å². The molecule has 5 heteroatoms. The number of carbonyl (C=O) groups excluding carboxylic acids is 3. The van der Waals surface area contributed by atoms with Gasteiger partial charge in [-0.3, -0.25) is 14.4 Å². The highest BCUT2D eigenvalue weighted by atomic mass is 16.5. The Morgan fingerprint density at radius 1 is 0.571 bits per heavy atom. The Balaban J connectivity index is 1.48. The average molecular weight is 644 g/mol. The molecule has 5 aromatic carbocycles. The molecule has 242 valence electrons. The van der Waals surface area contributed by atoms with Crippen molar-refractivity contribution < 1.29 is 19.1 Å². The summed E-state index contributed by atoms with van der Waals surface area (Å²) in [6.45, 7) is 6.69. The van der Waals surface area contributed by atoms with Gasteiger partial charge in [-0.1, -0.05) is 127 Å². The molecule has 0 aromatic heterocycles. The van der Waals surface area contributed by atoms with Crippen molar-refractivity contribution in [2.75, 3.05) is 11.5 Å². The van der Waals surface area contributed by atoms with E-state index in [1.807, 2.05) is 106 Å². The number of anilines is 1. The molecule has 0 N–H and O–H groups in total. The van der Waals surface area contributed by atoms with Crippen LogP contribution in [-0.2, 0) is 25.2 Å². The van der Waals surface area contributed by atoms with Gasteiger partial charge in [0.25, 0.3) is 0 Å². The number of fused-ring (bicyclic) bond motifs is 5. The number of ether oxygens (including phenoxy) is 1. The predicted molar refractivity (Wildman–Crippen MR) is 192 cm³/mol. The Morgan fingerprint density at radius 2 is 1.00 bits per heavy atom. The highest BCUT2D eigenvalue weighted by molar-refractivity contribution is 6.39. The zero-order valence-electron chi connectivity index (χ0n) is 27.9. The third-order valence-corrected chi connectivity index (χ3v) is 10.7. The van der Waals surface area contributed by atoms with Gasteiger partial charge in [0.1, 0.15) is 5.75 Å². The maximum atomic E-state index is 16.0. The minimum Gasteiger partial charge on any atom is -0.494 e. The van der Waals surface area contributed by atoms with Crippen LogP contribution in [0, 0.1) is 25.7 Å². The van der Waals surface area contributed by atoms with Crippen molar-refractivity contribution in [3.05, 3.63) is 167 Å². The van der Waals surface area contributed by atoms with Crippen LogP contribution >= 0.6 is 0 Å². The Labute approximate surface area is 286 Å². The van der Waals surface area contributed by atoms with E-state index in [1.165, 1.54) is 4.90 Å². The first-order valence-electron chi connectivity index (χ1n) is 17.0. The molecule has 0 radical (unpaired) electrons. The molecule has 0 unspecified atom stereocenters. The molecule has 1 heterocycles. The van der Waals surface area contributed by atoms with E-state index in [0.717, 1.165) is 50.9 Å². The van der Waals surface area contributed by atoms with Crippen molar-refractivity contribution in [2.24, 2.45) is 11.8 Å². The Bertz CT molecular complexity index is 1990. The van der Waals surface area contributed by atoms with Gasteiger partial charge < -0.3 is 4.74 Å². The maximum Gasteiger partial charge on any atom is 0.239 e. The second-order valence-corrected chi connectivity index (χ2v) is 13.5. The van der Waals surface area contributed by atoms with E-state index in [-0.39, 0.29) is 17.6 Å². The molecule has 5 nitrogen and oxygen atoms in total. The van der Waals surface area contributed by atoms with Crippen LogP contribution in [0.5, 0.6) is 5.75 Å². The van der Waals surface area contributed by atoms with Crippen molar-refractivity contribution in [1.82, 2.24) is 0 Å². The zero-order valence-corrected chi connectivity index (χ0v) is 27.9. The van der Waals surface area contributed by atoms with Gasteiger partial charge in [-0.05, 0) is 77.9 Å². The molecular weight excluding hydrogens is 606 g/mol. The molecule has 2 fully saturated rings. The van der Waals surface area contributed by atoms with Crippen molar-refractivity contribution in [3.63, 3.8) is 0 Å². The normalized spacial score (nSPS) is 24.1. The number of carbonyl (C=O) groups is 3. The monoisotopic (exact) mass is 643 g/mol. The Hall–Kier alpha value is -5.55. The summed E-state index contributed by atoms with van der Waals surface area (Å²) in [5, 5.41) is 0. The summed E-state index contributed by atoms with van der Waals surface area (Å²) in [5.74, 6) is -2.09. The topological polar surface area (TPSA) is 63.7 Å². The fourth-order valence-electron chi connectivity index (χ4n) is 8.73. The number of aryl methyl sites for hydroxylation is 2. The van der Waals surface area contributed by atoms with Gasteiger partial charge in [-0.15, -0.1) is 0 Å². The molecule has 49 heavy (non-hydrogen) atoms. The van der Waals surface area contributed by atoms with Crippen molar-refractivity contribution >= 4 is 34.4 Å². The van der Waals surface area contributed by atoms with Gasteiger partial charge in [0.2, 0.25) is 11.8 Å². The predicted octanol–water partition coefficient (Wildman–Crippen LogP) is 8.28. The van der Waals surface area contributed by atoms with Gasteiger partial charge in [0.05, 0.1) is 35.0 Å². The smallest absolute Gasteiger partial charge is 0.239 e. The van der Waals surface area contributed by atoms with Crippen LogP contribution in [0.15, 0.2) is 133 Å². The van der Waals surface area contributed by atoms with Gasteiger partial charge in [-0.25, -0.2) is 4.90 Å². The minimum absolute atomic E-state index is 0.122. The SMILES string of the molecule is CCCOc1ccc(N2C(=O)[C@@H]3[C@H](C2=O)[C@@]2(c4ccccc4)C(=O)[C@@]3(c3ccccc3)C(c3ccc(C)cc3)=C2c2ccc(C)cc2)cc1. The van der Waals surface area contributed by atoms with Gasteiger partial charge in [-0.2, -0.15) is 0 Å². The lowest BCUT2D eigenvalue weighted by Gasteiger charge is -2.39. The largest absolute Gasteiger partial charge is 0.494 e. The second-order valence-electron chi connectivity index (χ2n) is 13.5. The second kappa shape index (κ2) is 11.6. The molecule has 1 aliphatic heterocycles. The van der Waals surface area contributed by atoms with E-state index in [2.05, 4.69) is 24.3 Å². The van der Waals surface area contributed by atoms with Gasteiger partial charge >= 0.3 is 0 Å². The van der Waals surface area contributed by atoms with E-state index in [0.29, 0.717) is 18.0 Å².